The molecule has 0 fully saturated rings. The average Bonchev–Trinajstić information content (AvgIpc) is 2.48. The van der Waals surface area contributed by atoms with Crippen LogP contribution < -0.4 is 0 Å². The second kappa shape index (κ2) is 8.44. The molecular weight excluding hydrogens is 307 g/mol. The molecule has 0 unspecified atom stereocenters. The van der Waals surface area contributed by atoms with Crippen molar-refractivity contribution >= 4 is 19.0 Å². The Labute approximate surface area is 129 Å². The number of hydrogen-bond acceptors (Lipinski definition) is 7. The van der Waals surface area contributed by atoms with Gasteiger partial charge in [0.05, 0.1) is 18.8 Å². The van der Waals surface area contributed by atoms with Crippen molar-refractivity contribution in [2.24, 2.45) is 5.16 Å². The SMILES string of the molecule is CCOP(=O)(OCC)/C(C#N)=N/OC(=O)c1ccccc1C. The lowest BCUT2D eigenvalue weighted by atomic mass is 10.1. The third-order valence-corrected chi connectivity index (χ3v) is 4.43. The molecule has 22 heavy (non-hydrogen) atoms. The van der Waals surface area contributed by atoms with E-state index in [2.05, 4.69) is 5.16 Å². The standard InChI is InChI=1S/C14H17N2O5P/c1-4-19-22(18,20-5-2)13(10-15)16-21-14(17)12-9-7-6-8-11(12)3/h6-9H,4-5H2,1-3H3/b16-13+. The maximum atomic E-state index is 12.4. The lowest BCUT2D eigenvalue weighted by Gasteiger charge is -2.14. The monoisotopic (exact) mass is 324 g/mol. The highest BCUT2D eigenvalue weighted by atomic mass is 31.2. The predicted molar refractivity (Wildman–Crippen MR) is 80.5 cm³/mol. The van der Waals surface area contributed by atoms with E-state index < -0.39 is 19.0 Å². The molecule has 0 saturated carbocycles. The summed E-state index contributed by atoms with van der Waals surface area (Å²) in [6.45, 7) is 5.05. The highest BCUT2D eigenvalue weighted by Crippen LogP contribution is 2.49. The maximum absolute atomic E-state index is 12.4. The molecule has 0 N–H and O–H groups in total. The molecule has 0 bridgehead atoms. The van der Waals surface area contributed by atoms with Crippen LogP contribution in [0, 0.1) is 18.3 Å². The summed E-state index contributed by atoms with van der Waals surface area (Å²) < 4.78 is 22.3. The second-order valence-electron chi connectivity index (χ2n) is 4.05. The number of rotatable bonds is 7. The third kappa shape index (κ3) is 4.50. The summed E-state index contributed by atoms with van der Waals surface area (Å²) in [5.41, 5.74) is 0.392. The fourth-order valence-corrected chi connectivity index (χ4v) is 2.83. The first-order chi connectivity index (χ1) is 10.5. The molecule has 0 aliphatic heterocycles. The fourth-order valence-electron chi connectivity index (χ4n) is 1.57. The van der Waals surface area contributed by atoms with Crippen molar-refractivity contribution in [3.05, 3.63) is 35.4 Å². The van der Waals surface area contributed by atoms with Crippen molar-refractivity contribution in [3.63, 3.8) is 0 Å². The van der Waals surface area contributed by atoms with Gasteiger partial charge in [0.15, 0.2) is 0 Å². The van der Waals surface area contributed by atoms with Crippen molar-refractivity contribution in [3.8, 4) is 6.07 Å². The van der Waals surface area contributed by atoms with E-state index in [1.165, 1.54) is 0 Å². The molecule has 0 aliphatic rings. The molecular formula is C14H17N2O5P. The number of carbonyl (C=O) groups is 1. The van der Waals surface area contributed by atoms with Gasteiger partial charge in [-0.25, -0.2) is 4.79 Å². The molecule has 0 spiro atoms. The zero-order valence-electron chi connectivity index (χ0n) is 12.6. The Balaban J connectivity index is 2.98. The van der Waals surface area contributed by atoms with Gasteiger partial charge in [-0.3, -0.25) is 4.57 Å². The first kappa shape index (κ1) is 18.1. The van der Waals surface area contributed by atoms with Crippen molar-refractivity contribution in [1.29, 1.82) is 5.26 Å². The van der Waals surface area contributed by atoms with E-state index in [0.717, 1.165) is 0 Å². The van der Waals surface area contributed by atoms with Crippen LogP contribution in [0.2, 0.25) is 0 Å². The Hall–Kier alpha value is -2.00. The molecule has 0 amide bonds. The van der Waals surface area contributed by atoms with Gasteiger partial charge in [-0.2, -0.15) is 5.26 Å². The molecule has 1 aromatic carbocycles. The number of nitrogens with zero attached hydrogens (tertiary/aromatic N) is 2. The minimum Gasteiger partial charge on any atom is -0.311 e. The summed E-state index contributed by atoms with van der Waals surface area (Å²) in [5.74, 6) is -0.759. The van der Waals surface area contributed by atoms with Crippen LogP contribution in [0.4, 0.5) is 0 Å². The van der Waals surface area contributed by atoms with Gasteiger partial charge in [-0.15, -0.1) is 0 Å². The highest BCUT2D eigenvalue weighted by Gasteiger charge is 2.33. The summed E-state index contributed by atoms with van der Waals surface area (Å²) >= 11 is 0. The Morgan fingerprint density at radius 2 is 1.86 bits per heavy atom. The predicted octanol–water partition coefficient (Wildman–Crippen LogP) is 3.26. The number of carbonyl (C=O) groups excluding carboxylic acids is 1. The zero-order chi connectivity index (χ0) is 16.6. The first-order valence-electron chi connectivity index (χ1n) is 6.63. The molecule has 0 saturated heterocycles. The van der Waals surface area contributed by atoms with E-state index in [9.17, 15) is 9.36 Å². The van der Waals surface area contributed by atoms with E-state index in [1.807, 2.05) is 0 Å². The van der Waals surface area contributed by atoms with Crippen LogP contribution in [-0.2, 0) is 18.5 Å². The van der Waals surface area contributed by atoms with Gasteiger partial charge in [0, 0.05) is 0 Å². The Morgan fingerprint density at radius 1 is 1.27 bits per heavy atom. The van der Waals surface area contributed by atoms with Crippen LogP contribution in [0.1, 0.15) is 29.8 Å². The van der Waals surface area contributed by atoms with Crippen LogP contribution in [-0.4, -0.2) is 24.6 Å². The smallest absolute Gasteiger partial charge is 0.311 e. The number of benzene rings is 1. The normalized spacial score (nSPS) is 11.8. The van der Waals surface area contributed by atoms with Gasteiger partial charge in [-0.1, -0.05) is 23.4 Å². The Bertz CT molecular complexity index is 641. The lowest BCUT2D eigenvalue weighted by molar-refractivity contribution is 0.0517. The van der Waals surface area contributed by atoms with Crippen LogP contribution in [0.15, 0.2) is 29.4 Å². The average molecular weight is 324 g/mol. The van der Waals surface area contributed by atoms with E-state index in [4.69, 9.17) is 19.1 Å². The fraction of sp³-hybridized carbons (Fsp3) is 0.357. The largest absolute Gasteiger partial charge is 0.393 e. The molecule has 118 valence electrons. The Kier molecular flexibility index (Phi) is 6.93. The highest BCUT2D eigenvalue weighted by molar-refractivity contribution is 7.73. The van der Waals surface area contributed by atoms with Gasteiger partial charge < -0.3 is 13.9 Å². The van der Waals surface area contributed by atoms with Gasteiger partial charge >= 0.3 is 13.6 Å². The Morgan fingerprint density at radius 3 is 2.36 bits per heavy atom. The summed E-state index contributed by atoms with van der Waals surface area (Å²) in [5, 5.41) is 12.4. The molecule has 1 rings (SSSR count). The van der Waals surface area contributed by atoms with Crippen LogP contribution in [0.25, 0.3) is 0 Å². The number of aryl methyl sites for hydroxylation is 1. The topological polar surface area (TPSA) is 98.0 Å². The van der Waals surface area contributed by atoms with E-state index in [1.54, 1.807) is 51.1 Å². The van der Waals surface area contributed by atoms with Gasteiger partial charge in [0.2, 0.25) is 0 Å². The number of nitriles is 1. The summed E-state index contributed by atoms with van der Waals surface area (Å²) in [6.07, 6.45) is 0. The van der Waals surface area contributed by atoms with E-state index in [0.29, 0.717) is 11.1 Å². The molecule has 7 nitrogen and oxygen atoms in total. The van der Waals surface area contributed by atoms with E-state index in [-0.39, 0.29) is 13.2 Å². The molecule has 0 atom stereocenters. The maximum Gasteiger partial charge on any atom is 0.393 e. The van der Waals surface area contributed by atoms with E-state index >= 15 is 0 Å². The molecule has 1 aromatic rings. The van der Waals surface area contributed by atoms with Crippen molar-refractivity contribution in [1.82, 2.24) is 0 Å². The third-order valence-electron chi connectivity index (χ3n) is 2.54. The summed E-state index contributed by atoms with van der Waals surface area (Å²) in [7, 11) is -3.88. The van der Waals surface area contributed by atoms with Gasteiger partial charge in [0.1, 0.15) is 6.07 Å². The second-order valence-corrected chi connectivity index (χ2v) is 5.99. The van der Waals surface area contributed by atoms with Crippen LogP contribution in [0.5, 0.6) is 0 Å². The first-order valence-corrected chi connectivity index (χ1v) is 8.17. The van der Waals surface area contributed by atoms with Crippen molar-refractivity contribution < 1.29 is 23.2 Å². The quantitative estimate of drug-likeness (QED) is 0.330. The van der Waals surface area contributed by atoms with Crippen LogP contribution in [0.3, 0.4) is 0 Å². The molecule has 8 heteroatoms. The summed E-state index contributed by atoms with van der Waals surface area (Å²) in [4.78, 5) is 16.6. The van der Waals surface area contributed by atoms with Crippen LogP contribution >= 0.6 is 7.60 Å². The molecule has 0 radical (unpaired) electrons. The van der Waals surface area contributed by atoms with Crippen molar-refractivity contribution in [2.45, 2.75) is 20.8 Å². The lowest BCUT2D eigenvalue weighted by Crippen LogP contribution is -2.09. The van der Waals surface area contributed by atoms with Gasteiger partial charge in [-0.05, 0) is 32.4 Å². The minimum atomic E-state index is -3.88. The summed E-state index contributed by atoms with van der Waals surface area (Å²) in [6, 6.07) is 8.33. The molecule has 0 aromatic heterocycles. The minimum absolute atomic E-state index is 0.0592. The number of oxime groups is 1. The van der Waals surface area contributed by atoms with Gasteiger partial charge in [0.25, 0.3) is 5.45 Å². The van der Waals surface area contributed by atoms with Crippen molar-refractivity contribution in [2.75, 3.05) is 13.2 Å². The molecule has 0 aliphatic carbocycles. The molecule has 0 heterocycles. The zero-order valence-corrected chi connectivity index (χ0v) is 13.5. The number of hydrogen-bond donors (Lipinski definition) is 0.